The number of thiophene rings is 1. The van der Waals surface area contributed by atoms with Crippen LogP contribution in [-0.4, -0.2) is 5.78 Å². The molecule has 0 saturated heterocycles. The average molecular weight is 194 g/mol. The summed E-state index contributed by atoms with van der Waals surface area (Å²) in [7, 11) is 0. The Hall–Kier alpha value is -0.630. The van der Waals surface area contributed by atoms with E-state index in [1.165, 1.54) is 6.42 Å². The van der Waals surface area contributed by atoms with Crippen molar-refractivity contribution in [2.24, 2.45) is 11.8 Å². The minimum Gasteiger partial charge on any atom is -0.294 e. The Balaban J connectivity index is 2.06. The molecule has 1 nitrogen and oxygen atoms in total. The quantitative estimate of drug-likeness (QED) is 0.660. The predicted octanol–water partition coefficient (Wildman–Crippen LogP) is 3.37. The van der Waals surface area contributed by atoms with Gasteiger partial charge in [0, 0.05) is 16.9 Å². The molecule has 1 aromatic heterocycles. The Kier molecular flexibility index (Phi) is 2.49. The highest BCUT2D eigenvalue weighted by atomic mass is 32.1. The summed E-state index contributed by atoms with van der Waals surface area (Å²) in [4.78, 5) is 11.9. The van der Waals surface area contributed by atoms with Gasteiger partial charge in [0.1, 0.15) is 0 Å². The molecular weight excluding hydrogens is 180 g/mol. The van der Waals surface area contributed by atoms with E-state index in [9.17, 15) is 4.79 Å². The fourth-order valence-corrected chi connectivity index (χ4v) is 2.73. The summed E-state index contributed by atoms with van der Waals surface area (Å²) >= 11 is 1.61. The fraction of sp³-hybridized carbons (Fsp3) is 0.545. The first-order valence-corrected chi connectivity index (χ1v) is 5.78. The van der Waals surface area contributed by atoms with E-state index in [0.717, 1.165) is 24.3 Å². The predicted molar refractivity (Wildman–Crippen MR) is 55.2 cm³/mol. The average Bonchev–Trinajstić information content (AvgIpc) is 2.72. The molecule has 2 unspecified atom stereocenters. The van der Waals surface area contributed by atoms with Gasteiger partial charge in [0.05, 0.1) is 0 Å². The summed E-state index contributed by atoms with van der Waals surface area (Å²) in [5.41, 5.74) is 0.920. The van der Waals surface area contributed by atoms with Crippen molar-refractivity contribution in [3.8, 4) is 0 Å². The van der Waals surface area contributed by atoms with Gasteiger partial charge in [0.2, 0.25) is 0 Å². The highest BCUT2D eigenvalue weighted by Crippen LogP contribution is 2.32. The summed E-state index contributed by atoms with van der Waals surface area (Å²) < 4.78 is 0. The lowest BCUT2D eigenvalue weighted by atomic mass is 9.97. The molecule has 1 aliphatic carbocycles. The molecule has 2 rings (SSSR count). The van der Waals surface area contributed by atoms with Crippen LogP contribution in [0, 0.1) is 11.8 Å². The van der Waals surface area contributed by atoms with E-state index in [1.54, 1.807) is 11.3 Å². The second kappa shape index (κ2) is 3.62. The molecule has 2 heteroatoms. The normalized spacial score (nSPS) is 27.8. The maximum Gasteiger partial charge on any atom is 0.166 e. The van der Waals surface area contributed by atoms with Crippen LogP contribution in [-0.2, 0) is 0 Å². The van der Waals surface area contributed by atoms with Gasteiger partial charge in [-0.3, -0.25) is 4.79 Å². The molecule has 1 aromatic rings. The van der Waals surface area contributed by atoms with Gasteiger partial charge in [-0.1, -0.05) is 6.92 Å². The molecule has 1 heterocycles. The summed E-state index contributed by atoms with van der Waals surface area (Å²) in [6.45, 7) is 2.24. The van der Waals surface area contributed by atoms with Crippen molar-refractivity contribution in [1.82, 2.24) is 0 Å². The van der Waals surface area contributed by atoms with Crippen LogP contribution in [0.15, 0.2) is 16.8 Å². The van der Waals surface area contributed by atoms with Crippen molar-refractivity contribution in [1.29, 1.82) is 0 Å². The molecule has 1 aliphatic rings. The fourth-order valence-electron chi connectivity index (χ4n) is 2.09. The first-order valence-electron chi connectivity index (χ1n) is 4.84. The largest absolute Gasteiger partial charge is 0.294 e. The number of rotatable bonds is 2. The van der Waals surface area contributed by atoms with Crippen LogP contribution in [0.3, 0.4) is 0 Å². The molecule has 0 spiro atoms. The first-order chi connectivity index (χ1) is 6.27. The van der Waals surface area contributed by atoms with E-state index in [0.29, 0.717) is 11.7 Å². The summed E-state index contributed by atoms with van der Waals surface area (Å²) in [6.07, 6.45) is 3.41. The first kappa shape index (κ1) is 8.95. The van der Waals surface area contributed by atoms with Gasteiger partial charge in [-0.15, -0.1) is 0 Å². The van der Waals surface area contributed by atoms with Crippen molar-refractivity contribution in [3.05, 3.63) is 22.4 Å². The van der Waals surface area contributed by atoms with Crippen molar-refractivity contribution in [2.45, 2.75) is 26.2 Å². The van der Waals surface area contributed by atoms with E-state index in [2.05, 4.69) is 6.92 Å². The summed E-state index contributed by atoms with van der Waals surface area (Å²) in [5.74, 6) is 1.42. The molecule has 0 bridgehead atoms. The minimum absolute atomic E-state index is 0.310. The Morgan fingerprint density at radius 1 is 1.54 bits per heavy atom. The number of hydrogen-bond donors (Lipinski definition) is 0. The topological polar surface area (TPSA) is 17.1 Å². The highest BCUT2D eigenvalue weighted by molar-refractivity contribution is 7.08. The number of Topliss-reactive ketones (excluding diaryl/α,β-unsaturated/α-hetero) is 1. The third kappa shape index (κ3) is 1.83. The Morgan fingerprint density at radius 3 is 2.92 bits per heavy atom. The number of ketones is 1. The standard InChI is InChI=1S/C11H14OS/c1-8-2-3-9(6-8)11(12)10-4-5-13-7-10/h4-5,7-9H,2-3,6H2,1H3. The number of carbonyl (C=O) groups is 1. The van der Waals surface area contributed by atoms with E-state index in [-0.39, 0.29) is 0 Å². The van der Waals surface area contributed by atoms with Gasteiger partial charge in [0.15, 0.2) is 5.78 Å². The lowest BCUT2D eigenvalue weighted by Crippen LogP contribution is -2.10. The molecule has 0 aromatic carbocycles. The molecule has 0 aliphatic heterocycles. The second-order valence-electron chi connectivity index (χ2n) is 3.99. The third-order valence-electron chi connectivity index (χ3n) is 2.87. The van der Waals surface area contributed by atoms with Gasteiger partial charge >= 0.3 is 0 Å². The van der Waals surface area contributed by atoms with Crippen molar-refractivity contribution in [3.63, 3.8) is 0 Å². The number of carbonyl (C=O) groups excluding carboxylic acids is 1. The van der Waals surface area contributed by atoms with Gasteiger partial charge < -0.3 is 0 Å². The second-order valence-corrected chi connectivity index (χ2v) is 4.77. The maximum atomic E-state index is 11.9. The molecule has 1 fully saturated rings. The molecule has 0 radical (unpaired) electrons. The van der Waals surface area contributed by atoms with Gasteiger partial charge in [-0.2, -0.15) is 11.3 Å². The molecule has 13 heavy (non-hydrogen) atoms. The van der Waals surface area contributed by atoms with Crippen LogP contribution in [0.5, 0.6) is 0 Å². The highest BCUT2D eigenvalue weighted by Gasteiger charge is 2.27. The van der Waals surface area contributed by atoms with Crippen LogP contribution < -0.4 is 0 Å². The lowest BCUT2D eigenvalue weighted by molar-refractivity contribution is 0.0921. The van der Waals surface area contributed by atoms with Crippen LogP contribution >= 0.6 is 11.3 Å². The van der Waals surface area contributed by atoms with E-state index >= 15 is 0 Å². The molecule has 0 amide bonds. The Bertz CT molecular complexity index is 289. The monoisotopic (exact) mass is 194 g/mol. The van der Waals surface area contributed by atoms with E-state index < -0.39 is 0 Å². The van der Waals surface area contributed by atoms with Crippen molar-refractivity contribution in [2.75, 3.05) is 0 Å². The van der Waals surface area contributed by atoms with Crippen LogP contribution in [0.25, 0.3) is 0 Å². The molecule has 2 atom stereocenters. The molecule has 70 valence electrons. The Labute approximate surface area is 82.8 Å². The maximum absolute atomic E-state index is 11.9. The SMILES string of the molecule is CC1CCC(C(=O)c2ccsc2)C1. The molecule has 0 N–H and O–H groups in total. The lowest BCUT2D eigenvalue weighted by Gasteiger charge is -2.05. The van der Waals surface area contributed by atoms with E-state index in [4.69, 9.17) is 0 Å². The number of hydrogen-bond acceptors (Lipinski definition) is 2. The van der Waals surface area contributed by atoms with E-state index in [1.807, 2.05) is 16.8 Å². The minimum atomic E-state index is 0.310. The smallest absolute Gasteiger partial charge is 0.166 e. The third-order valence-corrected chi connectivity index (χ3v) is 3.55. The Morgan fingerprint density at radius 2 is 2.38 bits per heavy atom. The van der Waals surface area contributed by atoms with Crippen LogP contribution in [0.1, 0.15) is 36.5 Å². The van der Waals surface area contributed by atoms with Crippen molar-refractivity contribution >= 4 is 17.1 Å². The zero-order valence-corrected chi connectivity index (χ0v) is 8.64. The zero-order chi connectivity index (χ0) is 9.26. The molecule has 1 saturated carbocycles. The van der Waals surface area contributed by atoms with Crippen LogP contribution in [0.4, 0.5) is 0 Å². The van der Waals surface area contributed by atoms with Crippen LogP contribution in [0.2, 0.25) is 0 Å². The zero-order valence-electron chi connectivity index (χ0n) is 7.82. The van der Waals surface area contributed by atoms with Gasteiger partial charge in [-0.25, -0.2) is 0 Å². The summed E-state index contributed by atoms with van der Waals surface area (Å²) in [6, 6.07) is 1.94. The summed E-state index contributed by atoms with van der Waals surface area (Å²) in [5, 5.41) is 3.94. The van der Waals surface area contributed by atoms with Gasteiger partial charge in [0.25, 0.3) is 0 Å². The molecular formula is C11H14OS. The van der Waals surface area contributed by atoms with Crippen molar-refractivity contribution < 1.29 is 4.79 Å². The van der Waals surface area contributed by atoms with Gasteiger partial charge in [-0.05, 0) is 36.6 Å².